The average molecular weight is 383 g/mol. The summed E-state index contributed by atoms with van der Waals surface area (Å²) in [4.78, 5) is 17.9. The summed E-state index contributed by atoms with van der Waals surface area (Å²) >= 11 is 0. The number of hydrogen-bond acceptors (Lipinski definition) is 3. The monoisotopic (exact) mass is 382 g/mol. The smallest absolute Gasteiger partial charge is 0.232 e. The molecule has 0 atom stereocenters. The summed E-state index contributed by atoms with van der Waals surface area (Å²) in [5.41, 5.74) is 4.22. The first-order chi connectivity index (χ1) is 13.5. The van der Waals surface area contributed by atoms with Gasteiger partial charge in [0.15, 0.2) is 0 Å². The Kier molecular flexibility index (Phi) is 6.87. The molecule has 1 fully saturated rings. The zero-order valence-electron chi connectivity index (χ0n) is 17.8. The van der Waals surface area contributed by atoms with Crippen LogP contribution >= 0.6 is 0 Å². The van der Waals surface area contributed by atoms with Gasteiger partial charge in [0, 0.05) is 24.9 Å². The lowest BCUT2D eigenvalue weighted by Gasteiger charge is -2.17. The van der Waals surface area contributed by atoms with Crippen LogP contribution in [0.2, 0.25) is 0 Å². The van der Waals surface area contributed by atoms with Gasteiger partial charge in [-0.3, -0.25) is 19.0 Å². The molecule has 5 nitrogen and oxygen atoms in total. The molecular formula is C23H34N4O. The van der Waals surface area contributed by atoms with Gasteiger partial charge < -0.3 is 0 Å². The molecule has 0 aromatic carbocycles. The molecule has 0 amide bonds. The fourth-order valence-corrected chi connectivity index (χ4v) is 4.12. The Morgan fingerprint density at radius 2 is 1.96 bits per heavy atom. The molecule has 0 aliphatic heterocycles. The molecule has 1 aliphatic rings. The average Bonchev–Trinajstić information content (AvgIpc) is 2.93. The van der Waals surface area contributed by atoms with Crippen LogP contribution in [0.3, 0.4) is 0 Å². The van der Waals surface area contributed by atoms with Gasteiger partial charge in [-0.2, -0.15) is 5.10 Å². The van der Waals surface area contributed by atoms with Crippen molar-refractivity contribution < 1.29 is 4.79 Å². The van der Waals surface area contributed by atoms with Gasteiger partial charge in [-0.25, -0.2) is 0 Å². The largest absolute Gasteiger partial charge is 0.274 e. The topological polar surface area (TPSA) is 52.2 Å². The minimum atomic E-state index is 0.102. The number of rotatable bonds is 6. The van der Waals surface area contributed by atoms with Crippen molar-refractivity contribution in [3.05, 3.63) is 46.8 Å². The molecule has 152 valence electrons. The van der Waals surface area contributed by atoms with Gasteiger partial charge in [-0.05, 0) is 56.7 Å². The molecule has 1 aliphatic carbocycles. The summed E-state index contributed by atoms with van der Waals surface area (Å²) in [5, 5.41) is 4.68. The molecule has 2 aromatic heterocycles. The fraction of sp³-hybridized carbons (Fsp3) is 0.609. The van der Waals surface area contributed by atoms with E-state index >= 15 is 0 Å². The number of aromatic nitrogens is 3. The van der Waals surface area contributed by atoms with Crippen molar-refractivity contribution in [3.63, 3.8) is 0 Å². The molecule has 0 unspecified atom stereocenters. The SMILES string of the molecule is Cc1nn(CC(C)C)c(C)c1CCC(=O)n1ccccc1=NC1CCCCC1. The highest BCUT2D eigenvalue weighted by molar-refractivity contribution is 5.78. The highest BCUT2D eigenvalue weighted by atomic mass is 16.2. The molecule has 0 radical (unpaired) electrons. The molecule has 2 heterocycles. The van der Waals surface area contributed by atoms with Crippen LogP contribution in [0, 0.1) is 19.8 Å². The number of hydrogen-bond donors (Lipinski definition) is 0. The molecule has 5 heteroatoms. The van der Waals surface area contributed by atoms with Crippen LogP contribution in [0.15, 0.2) is 29.4 Å². The fourth-order valence-electron chi connectivity index (χ4n) is 4.12. The van der Waals surface area contributed by atoms with Crippen molar-refractivity contribution in [3.8, 4) is 0 Å². The number of carbonyl (C=O) groups excluding carboxylic acids is 1. The maximum Gasteiger partial charge on any atom is 0.232 e. The van der Waals surface area contributed by atoms with E-state index in [0.29, 0.717) is 18.4 Å². The third-order valence-corrected chi connectivity index (χ3v) is 5.65. The third-order valence-electron chi connectivity index (χ3n) is 5.65. The lowest BCUT2D eigenvalue weighted by molar-refractivity contribution is 0.0897. The molecular weight excluding hydrogens is 348 g/mol. The Morgan fingerprint density at radius 1 is 1.21 bits per heavy atom. The Bertz CT molecular complexity index is 869. The second-order valence-electron chi connectivity index (χ2n) is 8.47. The van der Waals surface area contributed by atoms with E-state index in [1.165, 1.54) is 30.5 Å². The third kappa shape index (κ3) is 5.00. The second kappa shape index (κ2) is 9.35. The van der Waals surface area contributed by atoms with Crippen molar-refractivity contribution in [1.82, 2.24) is 14.3 Å². The first-order valence-electron chi connectivity index (χ1n) is 10.7. The zero-order valence-corrected chi connectivity index (χ0v) is 17.8. The van der Waals surface area contributed by atoms with E-state index in [2.05, 4.69) is 30.6 Å². The molecule has 2 aromatic rings. The summed E-state index contributed by atoms with van der Waals surface area (Å²) < 4.78 is 3.82. The summed E-state index contributed by atoms with van der Waals surface area (Å²) in [6, 6.07) is 6.20. The minimum absolute atomic E-state index is 0.102. The Morgan fingerprint density at radius 3 is 2.68 bits per heavy atom. The van der Waals surface area contributed by atoms with Crippen LogP contribution in [-0.4, -0.2) is 26.3 Å². The molecule has 3 rings (SSSR count). The van der Waals surface area contributed by atoms with Crippen molar-refractivity contribution >= 4 is 5.91 Å². The van der Waals surface area contributed by atoms with E-state index in [4.69, 9.17) is 4.99 Å². The van der Waals surface area contributed by atoms with Crippen molar-refractivity contribution in [2.45, 2.75) is 85.2 Å². The molecule has 28 heavy (non-hydrogen) atoms. The number of carbonyl (C=O) groups is 1. The Hall–Kier alpha value is -2.17. The summed E-state index contributed by atoms with van der Waals surface area (Å²) in [5.74, 6) is 0.655. The highest BCUT2D eigenvalue weighted by Crippen LogP contribution is 2.20. The van der Waals surface area contributed by atoms with E-state index in [0.717, 1.165) is 37.0 Å². The van der Waals surface area contributed by atoms with Gasteiger partial charge in [0.05, 0.1) is 11.7 Å². The van der Waals surface area contributed by atoms with E-state index in [-0.39, 0.29) is 5.91 Å². The summed E-state index contributed by atoms with van der Waals surface area (Å²) in [7, 11) is 0. The van der Waals surface area contributed by atoms with E-state index in [9.17, 15) is 4.79 Å². The first-order valence-corrected chi connectivity index (χ1v) is 10.7. The van der Waals surface area contributed by atoms with Gasteiger partial charge in [-0.15, -0.1) is 0 Å². The number of nitrogens with zero attached hydrogens (tertiary/aromatic N) is 4. The van der Waals surface area contributed by atoms with E-state index in [1.54, 1.807) is 4.57 Å². The zero-order chi connectivity index (χ0) is 20.1. The van der Waals surface area contributed by atoms with Crippen LogP contribution in [0.4, 0.5) is 0 Å². The van der Waals surface area contributed by atoms with Gasteiger partial charge in [0.1, 0.15) is 5.49 Å². The van der Waals surface area contributed by atoms with Crippen LogP contribution < -0.4 is 5.49 Å². The van der Waals surface area contributed by atoms with Crippen LogP contribution in [-0.2, 0) is 13.0 Å². The molecule has 0 spiro atoms. The summed E-state index contributed by atoms with van der Waals surface area (Å²) in [6.07, 6.45) is 9.11. The van der Waals surface area contributed by atoms with Gasteiger partial charge >= 0.3 is 0 Å². The molecule has 0 bridgehead atoms. The van der Waals surface area contributed by atoms with Crippen molar-refractivity contribution in [1.29, 1.82) is 0 Å². The van der Waals surface area contributed by atoms with Gasteiger partial charge in [0.25, 0.3) is 0 Å². The van der Waals surface area contributed by atoms with Crippen LogP contribution in [0.1, 0.15) is 74.1 Å². The van der Waals surface area contributed by atoms with Crippen LogP contribution in [0.25, 0.3) is 0 Å². The quantitative estimate of drug-likeness (QED) is 0.740. The Labute approximate surface area is 168 Å². The Balaban J connectivity index is 1.74. The van der Waals surface area contributed by atoms with Crippen LogP contribution in [0.5, 0.6) is 0 Å². The van der Waals surface area contributed by atoms with E-state index in [1.807, 2.05) is 31.3 Å². The second-order valence-corrected chi connectivity index (χ2v) is 8.47. The molecule has 1 saturated carbocycles. The lowest BCUT2D eigenvalue weighted by Crippen LogP contribution is -2.29. The maximum absolute atomic E-state index is 13.0. The van der Waals surface area contributed by atoms with E-state index < -0.39 is 0 Å². The van der Waals surface area contributed by atoms with Gasteiger partial charge in [0.2, 0.25) is 5.91 Å². The van der Waals surface area contributed by atoms with Crippen molar-refractivity contribution in [2.24, 2.45) is 10.9 Å². The normalized spacial score (nSPS) is 16.1. The minimum Gasteiger partial charge on any atom is -0.274 e. The van der Waals surface area contributed by atoms with Crippen molar-refractivity contribution in [2.75, 3.05) is 0 Å². The summed E-state index contributed by atoms with van der Waals surface area (Å²) in [6.45, 7) is 9.47. The highest BCUT2D eigenvalue weighted by Gasteiger charge is 2.16. The number of pyridine rings is 1. The molecule has 0 N–H and O–H groups in total. The predicted molar refractivity (Wildman–Crippen MR) is 112 cm³/mol. The predicted octanol–water partition coefficient (Wildman–Crippen LogP) is 4.46. The lowest BCUT2D eigenvalue weighted by atomic mass is 9.96. The standard InChI is InChI=1S/C23H34N4O/c1-17(2)16-27-19(4)21(18(3)25-27)13-14-23(28)26-15-9-8-12-22(26)24-20-10-6-5-7-11-20/h8-9,12,15,17,20H,5-7,10-11,13-14,16H2,1-4H3. The number of aryl methyl sites for hydroxylation is 1. The van der Waals surface area contributed by atoms with Gasteiger partial charge in [-0.1, -0.05) is 39.2 Å². The first kappa shape index (κ1) is 20.6. The molecule has 0 saturated heterocycles. The maximum atomic E-state index is 13.0.